The number of benzene rings is 1. The third-order valence-electron chi connectivity index (χ3n) is 3.14. The summed E-state index contributed by atoms with van der Waals surface area (Å²) in [4.78, 5) is 12.0. The van der Waals surface area contributed by atoms with Crippen molar-refractivity contribution in [2.24, 2.45) is 0 Å². The summed E-state index contributed by atoms with van der Waals surface area (Å²) in [6.45, 7) is 0. The van der Waals surface area contributed by atoms with Gasteiger partial charge in [0.2, 0.25) is 5.91 Å². The maximum Gasteiger partial charge on any atom is 0.396 e. The molecule has 0 bridgehead atoms. The van der Waals surface area contributed by atoms with Gasteiger partial charge in [0.1, 0.15) is 17.5 Å². The summed E-state index contributed by atoms with van der Waals surface area (Å²) in [7, 11) is 0. The van der Waals surface area contributed by atoms with Crippen LogP contribution in [0.1, 0.15) is 28.3 Å². The van der Waals surface area contributed by atoms with Gasteiger partial charge >= 0.3 is 6.18 Å². The van der Waals surface area contributed by atoms with Crippen LogP contribution in [0.3, 0.4) is 0 Å². The lowest BCUT2D eigenvalue weighted by Gasteiger charge is -2.20. The molecule has 0 saturated carbocycles. The maximum absolute atomic E-state index is 13.2. The van der Waals surface area contributed by atoms with Crippen molar-refractivity contribution in [1.29, 1.82) is 5.26 Å². The first kappa shape index (κ1) is 15.6. The topological polar surface area (TPSA) is 84.7 Å². The molecular weight excluding hydrogens is 297 g/mol. The van der Waals surface area contributed by atoms with Crippen LogP contribution < -0.4 is 5.73 Å². The monoisotopic (exact) mass is 308 g/mol. The highest BCUT2D eigenvalue weighted by Gasteiger charge is 2.42. The molecule has 8 heteroatoms. The van der Waals surface area contributed by atoms with E-state index in [2.05, 4.69) is 5.10 Å². The van der Waals surface area contributed by atoms with Gasteiger partial charge in [0.15, 0.2) is 0 Å². The Morgan fingerprint density at radius 1 is 1.36 bits per heavy atom. The van der Waals surface area contributed by atoms with Crippen LogP contribution in [0.2, 0.25) is 0 Å². The van der Waals surface area contributed by atoms with E-state index in [1.54, 1.807) is 12.1 Å². The summed E-state index contributed by atoms with van der Waals surface area (Å²) >= 11 is 0. The largest absolute Gasteiger partial charge is 0.396 e. The Bertz CT molecular complexity index is 716. The molecule has 0 radical (unpaired) electrons. The van der Waals surface area contributed by atoms with Crippen LogP contribution >= 0.6 is 0 Å². The number of halogens is 3. The number of aromatic nitrogens is 2. The molecule has 5 nitrogen and oxygen atoms in total. The van der Waals surface area contributed by atoms with E-state index in [0.717, 1.165) is 6.20 Å². The minimum Gasteiger partial charge on any atom is -0.382 e. The molecule has 0 spiro atoms. The van der Waals surface area contributed by atoms with Crippen LogP contribution in [0.4, 0.5) is 19.0 Å². The molecule has 22 heavy (non-hydrogen) atoms. The van der Waals surface area contributed by atoms with E-state index in [1.165, 1.54) is 24.3 Å². The lowest BCUT2D eigenvalue weighted by Crippen LogP contribution is -2.27. The van der Waals surface area contributed by atoms with E-state index < -0.39 is 24.4 Å². The normalized spacial score (nSPS) is 12.6. The number of nitrogen functional groups attached to an aromatic ring is 1. The van der Waals surface area contributed by atoms with Crippen LogP contribution in [0, 0.1) is 11.3 Å². The van der Waals surface area contributed by atoms with Gasteiger partial charge in [0.05, 0.1) is 12.1 Å². The van der Waals surface area contributed by atoms with Gasteiger partial charge in [-0.25, -0.2) is 0 Å². The number of carbonyl (C=O) groups excluding carboxylic acids is 1. The van der Waals surface area contributed by atoms with Crippen LogP contribution in [-0.4, -0.2) is 21.9 Å². The summed E-state index contributed by atoms with van der Waals surface area (Å²) in [5, 5.41) is 12.3. The molecule has 0 saturated heterocycles. The fraction of sp³-hybridized carbons (Fsp3) is 0.214. The third-order valence-corrected chi connectivity index (χ3v) is 3.14. The molecule has 2 N–H and O–H groups in total. The van der Waals surface area contributed by atoms with Crippen molar-refractivity contribution in [1.82, 2.24) is 9.78 Å². The molecule has 0 aliphatic rings. The zero-order valence-corrected chi connectivity index (χ0v) is 11.2. The molecule has 1 atom stereocenters. The van der Waals surface area contributed by atoms with Gasteiger partial charge in [0.25, 0.3) is 0 Å². The van der Waals surface area contributed by atoms with E-state index in [-0.39, 0.29) is 16.9 Å². The second kappa shape index (κ2) is 5.89. The Hall–Kier alpha value is -2.82. The van der Waals surface area contributed by atoms with Crippen LogP contribution in [0.25, 0.3) is 0 Å². The first-order valence-electron chi connectivity index (χ1n) is 6.23. The molecule has 2 aromatic rings. The van der Waals surface area contributed by atoms with Crippen molar-refractivity contribution in [2.75, 3.05) is 5.73 Å². The average molecular weight is 308 g/mol. The zero-order valence-electron chi connectivity index (χ0n) is 11.2. The Balaban J connectivity index is 2.30. The Morgan fingerprint density at radius 3 is 2.50 bits per heavy atom. The number of nitrogens with two attached hydrogens (primary N) is 1. The Labute approximate surface area is 123 Å². The zero-order chi connectivity index (χ0) is 16.3. The smallest absolute Gasteiger partial charge is 0.382 e. The summed E-state index contributed by atoms with van der Waals surface area (Å²) in [5.74, 6) is -3.15. The molecular formula is C14H11F3N4O. The summed E-state index contributed by atoms with van der Waals surface area (Å²) < 4.78 is 40.2. The number of rotatable bonds is 3. The van der Waals surface area contributed by atoms with E-state index in [1.807, 2.05) is 0 Å². The predicted molar refractivity (Wildman–Crippen MR) is 71.8 cm³/mol. The van der Waals surface area contributed by atoms with Crippen LogP contribution in [-0.2, 0) is 0 Å². The lowest BCUT2D eigenvalue weighted by molar-refractivity contribution is -0.150. The molecule has 0 aliphatic heterocycles. The van der Waals surface area contributed by atoms with Crippen molar-refractivity contribution in [3.8, 4) is 6.07 Å². The van der Waals surface area contributed by atoms with E-state index in [9.17, 15) is 18.0 Å². The van der Waals surface area contributed by atoms with E-state index in [4.69, 9.17) is 11.0 Å². The lowest BCUT2D eigenvalue weighted by atomic mass is 9.95. The molecule has 1 aromatic heterocycles. The van der Waals surface area contributed by atoms with Gasteiger partial charge in [-0.1, -0.05) is 30.3 Å². The van der Waals surface area contributed by atoms with E-state index in [0.29, 0.717) is 4.68 Å². The second-order valence-electron chi connectivity index (χ2n) is 4.57. The highest BCUT2D eigenvalue weighted by molar-refractivity contribution is 5.82. The van der Waals surface area contributed by atoms with Crippen LogP contribution in [0.15, 0.2) is 36.5 Å². The number of carbonyl (C=O) groups is 1. The molecule has 1 heterocycles. The average Bonchev–Trinajstić information content (AvgIpc) is 2.85. The standard InChI is InChI=1S/C14H11F3N4O/c15-14(16,17)11(9-4-2-1-3-5-9)6-12(22)21-13(19)10(7-18)8-20-21/h1-5,8,11H,6,19H2/t11-/m1/s1. The summed E-state index contributed by atoms with van der Waals surface area (Å²) in [6.07, 6.45) is -4.39. The molecule has 1 aromatic carbocycles. The number of anilines is 1. The van der Waals surface area contributed by atoms with Crippen molar-refractivity contribution in [3.63, 3.8) is 0 Å². The van der Waals surface area contributed by atoms with Crippen molar-refractivity contribution < 1.29 is 18.0 Å². The van der Waals surface area contributed by atoms with Gasteiger partial charge in [-0.15, -0.1) is 0 Å². The van der Waals surface area contributed by atoms with Gasteiger partial charge in [-0.05, 0) is 5.56 Å². The molecule has 0 amide bonds. The SMILES string of the molecule is N#Cc1cnn(C(=O)C[C@H](c2ccccc2)C(F)(F)F)c1N. The number of nitrogens with zero attached hydrogens (tertiary/aromatic N) is 3. The van der Waals surface area contributed by atoms with Gasteiger partial charge in [-0.3, -0.25) is 4.79 Å². The Kier molecular flexibility index (Phi) is 4.17. The number of nitriles is 1. The quantitative estimate of drug-likeness (QED) is 0.944. The molecule has 0 fully saturated rings. The molecule has 0 aliphatic carbocycles. The molecule has 114 valence electrons. The molecule has 2 rings (SSSR count). The van der Waals surface area contributed by atoms with Gasteiger partial charge < -0.3 is 5.73 Å². The summed E-state index contributed by atoms with van der Waals surface area (Å²) in [6, 6.07) is 8.83. The van der Waals surface area contributed by atoms with E-state index >= 15 is 0 Å². The fourth-order valence-electron chi connectivity index (χ4n) is 2.01. The number of hydrogen-bond donors (Lipinski definition) is 1. The number of hydrogen-bond acceptors (Lipinski definition) is 4. The van der Waals surface area contributed by atoms with Crippen LogP contribution in [0.5, 0.6) is 0 Å². The first-order valence-corrected chi connectivity index (χ1v) is 6.23. The molecule has 0 unspecified atom stereocenters. The summed E-state index contributed by atoms with van der Waals surface area (Å²) in [5.41, 5.74) is 5.44. The van der Waals surface area contributed by atoms with Crippen molar-refractivity contribution in [2.45, 2.75) is 18.5 Å². The first-order chi connectivity index (χ1) is 10.3. The van der Waals surface area contributed by atoms with Gasteiger partial charge in [0, 0.05) is 6.42 Å². The number of alkyl halides is 3. The second-order valence-corrected chi connectivity index (χ2v) is 4.57. The maximum atomic E-state index is 13.2. The van der Waals surface area contributed by atoms with Crippen molar-refractivity contribution in [3.05, 3.63) is 47.7 Å². The van der Waals surface area contributed by atoms with Gasteiger partial charge in [-0.2, -0.15) is 28.2 Å². The Morgan fingerprint density at radius 2 is 2.00 bits per heavy atom. The highest BCUT2D eigenvalue weighted by atomic mass is 19.4. The highest BCUT2D eigenvalue weighted by Crippen LogP contribution is 2.37. The fourth-order valence-corrected chi connectivity index (χ4v) is 2.01. The third kappa shape index (κ3) is 3.09. The minimum atomic E-state index is -4.59. The van der Waals surface area contributed by atoms with Crippen molar-refractivity contribution >= 4 is 11.7 Å². The predicted octanol–water partition coefficient (Wildman–Crippen LogP) is 2.71. The minimum absolute atomic E-state index is 0.0189.